The Morgan fingerprint density at radius 3 is 2.60 bits per heavy atom. The van der Waals surface area contributed by atoms with E-state index in [0.717, 1.165) is 6.07 Å². The molecule has 0 radical (unpaired) electrons. The zero-order chi connectivity index (χ0) is 21.5. The number of fused-ring (bicyclic) bond motifs is 2. The van der Waals surface area contributed by atoms with Gasteiger partial charge in [0.1, 0.15) is 17.0 Å². The number of carbonyl (C=O) groups is 2. The van der Waals surface area contributed by atoms with Crippen molar-refractivity contribution < 1.29 is 42.1 Å². The van der Waals surface area contributed by atoms with Gasteiger partial charge >= 0.3 is 6.18 Å². The smallest absolute Gasteiger partial charge is 0.433 e. The number of carbonyl (C=O) groups excluding carboxylic acids is 2. The number of rotatable bonds is 6. The van der Waals surface area contributed by atoms with Crippen LogP contribution in [0.1, 0.15) is 41.0 Å². The van der Waals surface area contributed by atoms with E-state index in [9.17, 15) is 27.9 Å². The molecule has 2 unspecified atom stereocenters. The van der Waals surface area contributed by atoms with Gasteiger partial charge in [-0.25, -0.2) is 4.98 Å². The molecule has 1 aliphatic heterocycles. The third-order valence-corrected chi connectivity index (χ3v) is 5.61. The summed E-state index contributed by atoms with van der Waals surface area (Å²) in [6, 6.07) is 1.66. The first-order chi connectivity index (χ1) is 14.3. The van der Waals surface area contributed by atoms with Crippen LogP contribution in [-0.4, -0.2) is 47.8 Å². The zero-order valence-corrected chi connectivity index (χ0v) is 15.9. The summed E-state index contributed by atoms with van der Waals surface area (Å²) in [4.78, 5) is 29.3. The number of halogens is 3. The maximum absolute atomic E-state index is 13.1. The Balaban J connectivity index is 1.63. The van der Waals surface area contributed by atoms with E-state index >= 15 is 0 Å². The summed E-state index contributed by atoms with van der Waals surface area (Å²) in [6.07, 6.45) is -3.69. The van der Waals surface area contributed by atoms with Crippen molar-refractivity contribution >= 4 is 11.6 Å². The van der Waals surface area contributed by atoms with Gasteiger partial charge in [0, 0.05) is 17.4 Å². The average molecular weight is 427 g/mol. The van der Waals surface area contributed by atoms with E-state index in [0.29, 0.717) is 38.5 Å². The lowest BCUT2D eigenvalue weighted by Gasteiger charge is -2.21. The highest BCUT2D eigenvalue weighted by atomic mass is 19.4. The minimum Gasteiger partial charge on any atom is -0.511 e. The zero-order valence-electron chi connectivity index (χ0n) is 15.9. The molecule has 0 aromatic carbocycles. The highest BCUT2D eigenvalue weighted by molar-refractivity contribution is 6.28. The number of pyridine rings is 1. The largest absolute Gasteiger partial charge is 0.511 e. The van der Waals surface area contributed by atoms with Crippen LogP contribution in [0.3, 0.4) is 0 Å². The Kier molecular flexibility index (Phi) is 5.65. The van der Waals surface area contributed by atoms with Crippen LogP contribution in [0, 0.1) is 11.8 Å². The first-order valence-corrected chi connectivity index (χ1v) is 9.65. The van der Waals surface area contributed by atoms with Crippen molar-refractivity contribution in [2.24, 2.45) is 11.8 Å². The fraction of sp³-hybridized carbons (Fsp3) is 0.550. The van der Waals surface area contributed by atoms with Crippen molar-refractivity contribution in [2.75, 3.05) is 19.8 Å². The summed E-state index contributed by atoms with van der Waals surface area (Å²) >= 11 is 0. The number of ether oxygens (including phenoxy) is 3. The molecule has 0 spiro atoms. The number of allylic oxidation sites excluding steroid dienone is 2. The molecule has 1 aromatic heterocycles. The number of Topliss-reactive ketones (excluding diaryl/α,β-unsaturated/α-hetero) is 2. The first kappa shape index (κ1) is 21.0. The second kappa shape index (κ2) is 8.09. The van der Waals surface area contributed by atoms with E-state index in [1.54, 1.807) is 0 Å². The third kappa shape index (κ3) is 3.99. The van der Waals surface area contributed by atoms with Gasteiger partial charge in [-0.15, -0.1) is 0 Å². The molecule has 30 heavy (non-hydrogen) atoms. The van der Waals surface area contributed by atoms with E-state index in [2.05, 4.69) is 4.98 Å². The molecule has 3 aliphatic rings. The van der Waals surface area contributed by atoms with E-state index in [-0.39, 0.29) is 41.0 Å². The highest BCUT2D eigenvalue weighted by Gasteiger charge is 2.44. The fourth-order valence-electron chi connectivity index (χ4n) is 4.10. The summed E-state index contributed by atoms with van der Waals surface area (Å²) in [5.74, 6) is -2.19. The summed E-state index contributed by atoms with van der Waals surface area (Å²) in [6.45, 7) is 0.306. The van der Waals surface area contributed by atoms with Gasteiger partial charge in [-0.1, -0.05) is 0 Å². The van der Waals surface area contributed by atoms with Gasteiger partial charge < -0.3 is 19.3 Å². The second-order valence-electron chi connectivity index (χ2n) is 7.54. The average Bonchev–Trinajstić information content (AvgIpc) is 3.37. The third-order valence-electron chi connectivity index (χ3n) is 5.61. The van der Waals surface area contributed by atoms with Crippen LogP contribution in [0.5, 0.6) is 0 Å². The number of aliphatic hydroxyl groups excluding tert-OH is 1. The van der Waals surface area contributed by atoms with Gasteiger partial charge in [-0.2, -0.15) is 13.2 Å². The van der Waals surface area contributed by atoms with Crippen LogP contribution in [0.15, 0.2) is 23.5 Å². The lowest BCUT2D eigenvalue weighted by molar-refractivity contribution is -0.141. The maximum Gasteiger partial charge on any atom is 0.433 e. The topological polar surface area (TPSA) is 95.0 Å². The number of hydrogen-bond donors (Lipinski definition) is 1. The number of alkyl halides is 3. The Bertz CT molecular complexity index is 891. The summed E-state index contributed by atoms with van der Waals surface area (Å²) in [5, 5.41) is 10.4. The molecular formula is C20H20F3NO6. The summed E-state index contributed by atoms with van der Waals surface area (Å²) in [5.41, 5.74) is -2.00. The molecule has 10 heteroatoms. The van der Waals surface area contributed by atoms with Gasteiger partial charge in [-0.3, -0.25) is 9.59 Å². The van der Waals surface area contributed by atoms with Crippen molar-refractivity contribution in [2.45, 2.75) is 38.3 Å². The van der Waals surface area contributed by atoms with Crippen molar-refractivity contribution in [1.29, 1.82) is 0 Å². The lowest BCUT2D eigenvalue weighted by Crippen LogP contribution is -2.28. The van der Waals surface area contributed by atoms with Gasteiger partial charge in [0.25, 0.3) is 0 Å². The molecule has 2 fully saturated rings. The van der Waals surface area contributed by atoms with E-state index < -0.39 is 36.3 Å². The second-order valence-corrected chi connectivity index (χ2v) is 7.54. The molecule has 2 aliphatic carbocycles. The van der Waals surface area contributed by atoms with Crippen molar-refractivity contribution in [3.8, 4) is 0 Å². The first-order valence-electron chi connectivity index (χ1n) is 9.65. The molecule has 0 amide bonds. The molecule has 4 rings (SSSR count). The van der Waals surface area contributed by atoms with E-state index in [1.807, 2.05) is 0 Å². The number of nitrogens with zero attached hydrogens (tertiary/aromatic N) is 1. The van der Waals surface area contributed by atoms with Crippen LogP contribution >= 0.6 is 0 Å². The van der Waals surface area contributed by atoms with Crippen LogP contribution in [0.4, 0.5) is 13.2 Å². The van der Waals surface area contributed by atoms with Gasteiger partial charge in [0.15, 0.2) is 12.1 Å². The van der Waals surface area contributed by atoms with Crippen LogP contribution in [-0.2, 0) is 31.8 Å². The lowest BCUT2D eigenvalue weighted by atomic mass is 9.83. The molecule has 162 valence electrons. The highest BCUT2D eigenvalue weighted by Crippen LogP contribution is 2.43. The van der Waals surface area contributed by atoms with E-state index in [1.165, 1.54) is 0 Å². The number of ketones is 2. The molecular weight excluding hydrogens is 407 g/mol. The van der Waals surface area contributed by atoms with E-state index in [4.69, 9.17) is 14.2 Å². The molecule has 1 saturated heterocycles. The van der Waals surface area contributed by atoms with Gasteiger partial charge in [0.2, 0.25) is 5.78 Å². The van der Waals surface area contributed by atoms with Crippen LogP contribution in [0.25, 0.3) is 0 Å². The predicted molar refractivity (Wildman–Crippen MR) is 94.4 cm³/mol. The Hall–Kier alpha value is -2.30. The molecule has 7 nitrogen and oxygen atoms in total. The molecule has 1 saturated carbocycles. The van der Waals surface area contributed by atoms with Crippen LogP contribution < -0.4 is 0 Å². The minimum atomic E-state index is -4.71. The maximum atomic E-state index is 13.1. The minimum absolute atomic E-state index is 0.0530. The van der Waals surface area contributed by atoms with Gasteiger partial charge in [-0.05, 0) is 31.4 Å². The Morgan fingerprint density at radius 1 is 1.20 bits per heavy atom. The van der Waals surface area contributed by atoms with Crippen molar-refractivity contribution in [3.63, 3.8) is 0 Å². The van der Waals surface area contributed by atoms with Crippen molar-refractivity contribution in [3.05, 3.63) is 40.4 Å². The molecule has 1 aromatic rings. The number of aliphatic hydroxyl groups is 1. The predicted octanol–water partition coefficient (Wildman–Crippen LogP) is 2.98. The van der Waals surface area contributed by atoms with Crippen LogP contribution in [0.2, 0.25) is 0 Å². The fourth-order valence-corrected chi connectivity index (χ4v) is 4.10. The quantitative estimate of drug-likeness (QED) is 0.551. The molecule has 2 atom stereocenters. The monoisotopic (exact) mass is 427 g/mol. The Morgan fingerprint density at radius 2 is 1.90 bits per heavy atom. The molecule has 2 bridgehead atoms. The van der Waals surface area contributed by atoms with Gasteiger partial charge in [0.05, 0.1) is 32.1 Å². The number of aromatic nitrogens is 1. The molecule has 2 heterocycles. The number of hydrogen-bond acceptors (Lipinski definition) is 7. The summed E-state index contributed by atoms with van der Waals surface area (Å²) < 4.78 is 55.1. The SMILES string of the molecule is O=C(C1=C(O)C2CCC(C2)C1=O)c1ccc(C(F)(F)F)nc1COCC1OCCO1. The Labute approximate surface area is 169 Å². The molecule has 1 N–H and O–H groups in total. The normalized spacial score (nSPS) is 24.7. The van der Waals surface area contributed by atoms with Crippen molar-refractivity contribution in [1.82, 2.24) is 4.98 Å². The summed E-state index contributed by atoms with van der Waals surface area (Å²) in [7, 11) is 0. The standard InChI is InChI=1S/C20H20F3NO6/c21-20(22,23)14-4-3-12(13(24-14)8-28-9-15-29-5-6-30-15)19(27)16-17(25)10-1-2-11(7-10)18(16)26/h3-4,10-11,15,25H,1-2,5-9H2.